The molecule has 0 amide bonds. The third-order valence-electron chi connectivity index (χ3n) is 4.84. The minimum Gasteiger partial charge on any atom is -0.366 e. The van der Waals surface area contributed by atoms with Gasteiger partial charge in [-0.05, 0) is 59.9 Å². The molecule has 2 saturated carbocycles. The second-order valence-electron chi connectivity index (χ2n) is 6.05. The summed E-state index contributed by atoms with van der Waals surface area (Å²) in [7, 11) is 0. The number of nitrogens with zero attached hydrogens (tertiary/aromatic N) is 2. The normalized spacial score (nSPS) is 29.4. The van der Waals surface area contributed by atoms with Gasteiger partial charge in [0.1, 0.15) is 12.0 Å². The number of nitrogens with one attached hydrogen (secondary N) is 1. The van der Waals surface area contributed by atoms with E-state index in [0.29, 0.717) is 22.3 Å². The maximum absolute atomic E-state index is 10.7. The molecule has 1 heterocycles. The average Bonchev–Trinajstić information content (AvgIpc) is 3.03. The molecule has 5 nitrogen and oxygen atoms in total. The van der Waals surface area contributed by atoms with Crippen molar-refractivity contribution >= 4 is 27.4 Å². The molecule has 2 aliphatic carbocycles. The molecule has 3 rings (SSSR count). The number of pyridine rings is 1. The quantitative estimate of drug-likeness (QED) is 0.665. The van der Waals surface area contributed by atoms with Crippen LogP contribution in [-0.4, -0.2) is 15.9 Å². The van der Waals surface area contributed by atoms with Crippen LogP contribution in [0.4, 0.5) is 11.5 Å². The molecule has 0 radical (unpaired) electrons. The van der Waals surface area contributed by atoms with E-state index in [9.17, 15) is 10.1 Å². The highest BCUT2D eigenvalue weighted by Crippen LogP contribution is 2.49. The van der Waals surface area contributed by atoms with Crippen LogP contribution in [0, 0.1) is 27.9 Å². The van der Waals surface area contributed by atoms with Gasteiger partial charge in [-0.25, -0.2) is 4.98 Å². The molecule has 1 N–H and O–H groups in total. The van der Waals surface area contributed by atoms with Crippen LogP contribution in [0.15, 0.2) is 16.7 Å². The number of rotatable bonds is 4. The lowest BCUT2D eigenvalue weighted by molar-refractivity contribution is -0.385. The first-order valence-corrected chi connectivity index (χ1v) is 7.90. The van der Waals surface area contributed by atoms with Crippen LogP contribution >= 0.6 is 15.9 Å². The van der Waals surface area contributed by atoms with Crippen molar-refractivity contribution in [3.8, 4) is 0 Å². The van der Waals surface area contributed by atoms with E-state index in [2.05, 4.69) is 33.2 Å². The predicted molar refractivity (Wildman–Crippen MR) is 80.6 cm³/mol. The van der Waals surface area contributed by atoms with Crippen LogP contribution in [0.1, 0.15) is 32.6 Å². The molecule has 2 bridgehead atoms. The summed E-state index contributed by atoms with van der Waals surface area (Å²) in [6.45, 7) is 2.20. The van der Waals surface area contributed by atoms with E-state index in [-0.39, 0.29) is 5.69 Å². The first kappa shape index (κ1) is 13.8. The Bertz CT molecular complexity index is 537. The molecule has 108 valence electrons. The summed E-state index contributed by atoms with van der Waals surface area (Å²) in [6.07, 6.45) is 6.75. The summed E-state index contributed by atoms with van der Waals surface area (Å²) < 4.78 is 0.654. The lowest BCUT2D eigenvalue weighted by Gasteiger charge is -2.29. The summed E-state index contributed by atoms with van der Waals surface area (Å²) in [5, 5.41) is 14.1. The first-order valence-electron chi connectivity index (χ1n) is 7.11. The van der Waals surface area contributed by atoms with Gasteiger partial charge in [0.2, 0.25) is 0 Å². The van der Waals surface area contributed by atoms with Crippen LogP contribution in [-0.2, 0) is 0 Å². The van der Waals surface area contributed by atoms with Gasteiger partial charge in [0.25, 0.3) is 5.69 Å². The van der Waals surface area contributed by atoms with E-state index in [1.54, 1.807) is 0 Å². The average molecular weight is 340 g/mol. The van der Waals surface area contributed by atoms with Gasteiger partial charge in [0.15, 0.2) is 0 Å². The topological polar surface area (TPSA) is 68.1 Å². The fourth-order valence-corrected chi connectivity index (χ4v) is 4.31. The van der Waals surface area contributed by atoms with E-state index in [1.807, 2.05) is 0 Å². The van der Waals surface area contributed by atoms with Gasteiger partial charge in [-0.2, -0.15) is 0 Å². The van der Waals surface area contributed by atoms with E-state index in [4.69, 9.17) is 0 Å². The highest BCUT2D eigenvalue weighted by atomic mass is 79.9. The largest absolute Gasteiger partial charge is 0.366 e. The van der Waals surface area contributed by atoms with Crippen LogP contribution < -0.4 is 5.32 Å². The van der Waals surface area contributed by atoms with Crippen molar-refractivity contribution in [1.82, 2.24) is 4.98 Å². The second-order valence-corrected chi connectivity index (χ2v) is 6.91. The number of aromatic nitrogens is 1. The van der Waals surface area contributed by atoms with Crippen molar-refractivity contribution in [3.05, 3.63) is 26.9 Å². The van der Waals surface area contributed by atoms with Gasteiger partial charge in [-0.1, -0.05) is 6.42 Å². The summed E-state index contributed by atoms with van der Waals surface area (Å²) in [4.78, 5) is 14.5. The van der Waals surface area contributed by atoms with Crippen molar-refractivity contribution in [2.45, 2.75) is 38.6 Å². The number of hydrogen-bond acceptors (Lipinski definition) is 4. The van der Waals surface area contributed by atoms with Crippen molar-refractivity contribution in [2.75, 3.05) is 5.32 Å². The molecule has 6 heteroatoms. The zero-order valence-electron chi connectivity index (χ0n) is 11.4. The monoisotopic (exact) mass is 339 g/mol. The highest BCUT2D eigenvalue weighted by Gasteiger charge is 2.41. The Hall–Kier alpha value is -1.17. The summed E-state index contributed by atoms with van der Waals surface area (Å²) in [5.74, 6) is 3.17. The molecule has 0 saturated heterocycles. The number of anilines is 1. The third kappa shape index (κ3) is 2.53. The molecule has 1 aromatic rings. The fourth-order valence-electron chi connectivity index (χ4n) is 3.86. The molecule has 0 spiro atoms. The van der Waals surface area contributed by atoms with E-state index >= 15 is 0 Å². The molecule has 2 aliphatic rings. The van der Waals surface area contributed by atoms with Gasteiger partial charge in [-0.3, -0.25) is 10.1 Å². The predicted octanol–water partition coefficient (Wildman–Crippen LogP) is 3.99. The molecule has 0 aliphatic heterocycles. The molecule has 2 fully saturated rings. The molecule has 4 unspecified atom stereocenters. The molecular formula is C14H18BrN3O2. The van der Waals surface area contributed by atoms with Crippen LogP contribution in [0.3, 0.4) is 0 Å². The maximum atomic E-state index is 10.7. The van der Waals surface area contributed by atoms with Gasteiger partial charge < -0.3 is 5.32 Å². The van der Waals surface area contributed by atoms with Gasteiger partial charge in [0, 0.05) is 12.1 Å². The zero-order chi connectivity index (χ0) is 14.3. The van der Waals surface area contributed by atoms with Crippen LogP contribution in [0.25, 0.3) is 0 Å². The first-order chi connectivity index (χ1) is 9.54. The minimum absolute atomic E-state index is 0.00926. The number of nitro groups is 1. The summed E-state index contributed by atoms with van der Waals surface area (Å²) in [6, 6.07) is 1.86. The molecule has 0 aromatic carbocycles. The van der Waals surface area contributed by atoms with E-state index in [0.717, 1.165) is 11.8 Å². The Morgan fingerprint density at radius 1 is 1.50 bits per heavy atom. The SMILES string of the molecule is CC(Nc1ncc([N+](=O)[O-])cc1Br)C1CC2CCC1C2. The zero-order valence-corrected chi connectivity index (χ0v) is 13.0. The molecular weight excluding hydrogens is 322 g/mol. The molecule has 4 atom stereocenters. The smallest absolute Gasteiger partial charge is 0.288 e. The second kappa shape index (κ2) is 5.31. The molecule has 20 heavy (non-hydrogen) atoms. The van der Waals surface area contributed by atoms with E-state index in [1.165, 1.54) is 37.9 Å². The Morgan fingerprint density at radius 3 is 2.85 bits per heavy atom. The minimum atomic E-state index is -0.430. The maximum Gasteiger partial charge on any atom is 0.288 e. The lowest BCUT2D eigenvalue weighted by atomic mass is 9.84. The number of hydrogen-bond donors (Lipinski definition) is 1. The number of fused-ring (bicyclic) bond motifs is 2. The van der Waals surface area contributed by atoms with Crippen molar-refractivity contribution < 1.29 is 4.92 Å². The van der Waals surface area contributed by atoms with Gasteiger partial charge in [0.05, 0.1) is 9.40 Å². The Morgan fingerprint density at radius 2 is 2.30 bits per heavy atom. The summed E-state index contributed by atoms with van der Waals surface area (Å²) in [5.41, 5.74) is 0.00926. The summed E-state index contributed by atoms with van der Waals surface area (Å²) >= 11 is 3.36. The van der Waals surface area contributed by atoms with Crippen LogP contribution in [0.5, 0.6) is 0 Å². The van der Waals surface area contributed by atoms with Crippen molar-refractivity contribution in [1.29, 1.82) is 0 Å². The highest BCUT2D eigenvalue weighted by molar-refractivity contribution is 9.10. The standard InChI is InChI=1S/C14H18BrN3O2/c1-8(12-5-9-2-3-10(12)4-9)17-14-13(15)6-11(7-16-14)18(19)20/h6-10,12H,2-5H2,1H3,(H,16,17). The van der Waals surface area contributed by atoms with E-state index < -0.39 is 4.92 Å². The third-order valence-corrected chi connectivity index (χ3v) is 5.44. The Labute approximate surface area is 126 Å². The van der Waals surface area contributed by atoms with Gasteiger partial charge >= 0.3 is 0 Å². The van der Waals surface area contributed by atoms with Crippen molar-refractivity contribution in [3.63, 3.8) is 0 Å². The fraction of sp³-hybridized carbons (Fsp3) is 0.643. The van der Waals surface area contributed by atoms with Crippen molar-refractivity contribution in [2.24, 2.45) is 17.8 Å². The lowest BCUT2D eigenvalue weighted by Crippen LogP contribution is -2.30. The number of halogens is 1. The van der Waals surface area contributed by atoms with Gasteiger partial charge in [-0.15, -0.1) is 0 Å². The van der Waals surface area contributed by atoms with Crippen LogP contribution in [0.2, 0.25) is 0 Å². The Kier molecular flexibility index (Phi) is 3.67. The molecule has 1 aromatic heterocycles. The Balaban J connectivity index is 1.70.